The first-order valence-electron chi connectivity index (χ1n) is 5.88. The second kappa shape index (κ2) is 2.78. The van der Waals surface area contributed by atoms with Gasteiger partial charge >= 0.3 is 0 Å². The molecule has 0 aromatic heterocycles. The molecule has 0 atom stereocenters. The molecule has 13 heavy (non-hydrogen) atoms. The molecule has 2 rings (SSSR count). The molecular formula is C12H22B. The van der Waals surface area contributed by atoms with Crippen LogP contribution in [0.4, 0.5) is 0 Å². The predicted molar refractivity (Wildman–Crippen MR) is 59.3 cm³/mol. The van der Waals surface area contributed by atoms with E-state index < -0.39 is 0 Å². The number of rotatable bonds is 2. The van der Waals surface area contributed by atoms with Crippen LogP contribution in [-0.4, -0.2) is 7.28 Å². The van der Waals surface area contributed by atoms with Crippen molar-refractivity contribution in [3.05, 3.63) is 0 Å². The Morgan fingerprint density at radius 3 is 1.23 bits per heavy atom. The van der Waals surface area contributed by atoms with E-state index in [2.05, 4.69) is 35.0 Å². The minimum Gasteiger partial charge on any atom is -0.0629 e. The average Bonchev–Trinajstić information content (AvgIpc) is 2.61. The van der Waals surface area contributed by atoms with E-state index in [0.29, 0.717) is 10.6 Å². The summed E-state index contributed by atoms with van der Waals surface area (Å²) in [7, 11) is 2.75. The Labute approximate surface area is 83.7 Å². The van der Waals surface area contributed by atoms with Gasteiger partial charge in [0.05, 0.1) is 0 Å². The highest BCUT2D eigenvalue weighted by molar-refractivity contribution is 6.47. The summed E-state index contributed by atoms with van der Waals surface area (Å²) in [6, 6.07) is 0. The van der Waals surface area contributed by atoms with Gasteiger partial charge in [-0.25, -0.2) is 0 Å². The number of hydrogen-bond donors (Lipinski definition) is 0. The van der Waals surface area contributed by atoms with Crippen LogP contribution in [-0.2, 0) is 0 Å². The lowest BCUT2D eigenvalue weighted by Gasteiger charge is -2.33. The summed E-state index contributed by atoms with van der Waals surface area (Å²) in [5.41, 5.74) is 0. The maximum absolute atomic E-state index is 2.75. The quantitative estimate of drug-likeness (QED) is 0.561. The Morgan fingerprint density at radius 2 is 1.08 bits per heavy atom. The van der Waals surface area contributed by atoms with Crippen molar-refractivity contribution in [3.63, 3.8) is 0 Å². The molecule has 0 aromatic carbocycles. The van der Waals surface area contributed by atoms with Gasteiger partial charge in [0.1, 0.15) is 7.28 Å². The van der Waals surface area contributed by atoms with E-state index in [1.54, 1.807) is 0 Å². The van der Waals surface area contributed by atoms with Crippen molar-refractivity contribution in [2.75, 3.05) is 0 Å². The van der Waals surface area contributed by atoms with Crippen LogP contribution in [0, 0.1) is 11.8 Å². The molecule has 0 spiro atoms. The molecule has 1 radical (unpaired) electrons. The summed E-state index contributed by atoms with van der Waals surface area (Å²) in [6.07, 6.45) is 5.84. The summed E-state index contributed by atoms with van der Waals surface area (Å²) < 4.78 is 0. The van der Waals surface area contributed by atoms with E-state index in [0.717, 1.165) is 11.8 Å². The highest BCUT2D eigenvalue weighted by Gasteiger charge is 2.56. The van der Waals surface area contributed by atoms with Crippen LogP contribution >= 0.6 is 0 Å². The maximum Gasteiger partial charge on any atom is 0.127 e. The molecule has 2 aliphatic heterocycles. The Morgan fingerprint density at radius 1 is 0.769 bits per heavy atom. The van der Waals surface area contributed by atoms with Gasteiger partial charge in [0, 0.05) is 0 Å². The highest BCUT2D eigenvalue weighted by atomic mass is 14.5. The van der Waals surface area contributed by atoms with Crippen LogP contribution in [0.25, 0.3) is 0 Å². The first-order chi connectivity index (χ1) is 6.01. The molecule has 0 amide bonds. The summed E-state index contributed by atoms with van der Waals surface area (Å²) in [5.74, 6) is 1.71. The van der Waals surface area contributed by atoms with Gasteiger partial charge in [0.2, 0.25) is 0 Å². The van der Waals surface area contributed by atoms with Crippen molar-refractivity contribution in [2.45, 2.75) is 64.0 Å². The fraction of sp³-hybridized carbons (Fsp3) is 1.00. The van der Waals surface area contributed by atoms with Crippen molar-refractivity contribution in [2.24, 2.45) is 11.8 Å². The lowest BCUT2D eigenvalue weighted by Crippen LogP contribution is -2.21. The smallest absolute Gasteiger partial charge is 0.0629 e. The van der Waals surface area contributed by atoms with E-state index >= 15 is 0 Å². The van der Waals surface area contributed by atoms with Crippen LogP contribution in [0.15, 0.2) is 0 Å². The van der Waals surface area contributed by atoms with Gasteiger partial charge in [-0.05, 0) is 11.8 Å². The molecule has 0 aromatic rings. The van der Waals surface area contributed by atoms with E-state index in [1.165, 1.54) is 25.7 Å². The second-order valence-corrected chi connectivity index (χ2v) is 5.92. The highest BCUT2D eigenvalue weighted by Crippen LogP contribution is 2.69. The topological polar surface area (TPSA) is 0 Å². The van der Waals surface area contributed by atoms with Crippen LogP contribution in [0.1, 0.15) is 53.4 Å². The standard InChI is InChI=1S/C12H22B/c1-9(2)11-5-7-12(13-11,8-6-11)10(3)4/h9-10H,5-8H2,1-4H3. The predicted octanol–water partition coefficient (Wildman–Crippen LogP) is 3.91. The Balaban J connectivity index is 2.19. The maximum atomic E-state index is 2.75. The Kier molecular flexibility index (Phi) is 2.05. The van der Waals surface area contributed by atoms with Crippen molar-refractivity contribution >= 4 is 7.28 Å². The van der Waals surface area contributed by atoms with E-state index in [9.17, 15) is 0 Å². The van der Waals surface area contributed by atoms with Crippen molar-refractivity contribution in [1.82, 2.24) is 0 Å². The van der Waals surface area contributed by atoms with Crippen LogP contribution in [0.3, 0.4) is 0 Å². The van der Waals surface area contributed by atoms with Crippen molar-refractivity contribution < 1.29 is 0 Å². The van der Waals surface area contributed by atoms with Crippen molar-refractivity contribution in [1.29, 1.82) is 0 Å². The molecule has 73 valence electrons. The van der Waals surface area contributed by atoms with Gasteiger partial charge in [-0.3, -0.25) is 0 Å². The molecule has 2 aliphatic rings. The third-order valence-corrected chi connectivity index (χ3v) is 4.99. The zero-order valence-corrected chi connectivity index (χ0v) is 9.56. The van der Waals surface area contributed by atoms with Gasteiger partial charge in [-0.1, -0.05) is 64.0 Å². The third-order valence-electron chi connectivity index (χ3n) is 4.99. The van der Waals surface area contributed by atoms with E-state index in [-0.39, 0.29) is 0 Å². The first-order valence-corrected chi connectivity index (χ1v) is 5.88. The fourth-order valence-corrected chi connectivity index (χ4v) is 3.53. The van der Waals surface area contributed by atoms with Crippen LogP contribution < -0.4 is 0 Å². The molecule has 2 heterocycles. The molecule has 1 heteroatoms. The third kappa shape index (κ3) is 1.19. The van der Waals surface area contributed by atoms with E-state index in [4.69, 9.17) is 0 Å². The van der Waals surface area contributed by atoms with Crippen LogP contribution in [0.5, 0.6) is 0 Å². The zero-order chi connectivity index (χ0) is 9.69. The number of fused-ring (bicyclic) bond motifs is 2. The molecule has 2 saturated heterocycles. The Bertz CT molecular complexity index is 175. The molecule has 0 unspecified atom stereocenters. The largest absolute Gasteiger partial charge is 0.127 e. The SMILES string of the molecule is CC(C)C12[B]C(C(C)C)(CC1)CC2. The van der Waals surface area contributed by atoms with Gasteiger partial charge in [0.15, 0.2) is 0 Å². The average molecular weight is 177 g/mol. The van der Waals surface area contributed by atoms with Crippen molar-refractivity contribution in [3.8, 4) is 0 Å². The molecule has 0 aliphatic carbocycles. The fourth-order valence-electron chi connectivity index (χ4n) is 3.53. The lowest BCUT2D eigenvalue weighted by atomic mass is 9.44. The summed E-state index contributed by atoms with van der Waals surface area (Å²) in [6.45, 7) is 9.60. The molecule has 2 fully saturated rings. The van der Waals surface area contributed by atoms with Gasteiger partial charge in [0.25, 0.3) is 0 Å². The monoisotopic (exact) mass is 177 g/mol. The summed E-state index contributed by atoms with van der Waals surface area (Å²) >= 11 is 0. The lowest BCUT2D eigenvalue weighted by molar-refractivity contribution is 0.275. The Hall–Kier alpha value is 0.0649. The van der Waals surface area contributed by atoms with Crippen LogP contribution in [0.2, 0.25) is 10.6 Å². The normalized spacial score (nSPS) is 43.2. The number of hydrogen-bond acceptors (Lipinski definition) is 0. The zero-order valence-electron chi connectivity index (χ0n) is 9.56. The molecule has 2 bridgehead atoms. The first kappa shape index (κ1) is 9.61. The van der Waals surface area contributed by atoms with Gasteiger partial charge < -0.3 is 0 Å². The summed E-state index contributed by atoms with van der Waals surface area (Å²) in [5, 5.41) is 1.26. The minimum atomic E-state index is 0.629. The van der Waals surface area contributed by atoms with Gasteiger partial charge in [-0.2, -0.15) is 0 Å². The molecule has 0 N–H and O–H groups in total. The van der Waals surface area contributed by atoms with E-state index in [1.807, 2.05) is 0 Å². The summed E-state index contributed by atoms with van der Waals surface area (Å²) in [4.78, 5) is 0. The molecule has 0 saturated carbocycles. The minimum absolute atomic E-state index is 0.629. The molecule has 0 nitrogen and oxygen atoms in total. The molecular weight excluding hydrogens is 155 g/mol. The van der Waals surface area contributed by atoms with Gasteiger partial charge in [-0.15, -0.1) is 0 Å². The second-order valence-electron chi connectivity index (χ2n) is 5.92.